The predicted molar refractivity (Wildman–Crippen MR) is 78.5 cm³/mol. The molecule has 0 unspecified atom stereocenters. The van der Waals surface area contributed by atoms with Crippen LogP contribution >= 0.6 is 11.6 Å². The van der Waals surface area contributed by atoms with Crippen LogP contribution in [0.3, 0.4) is 0 Å². The van der Waals surface area contributed by atoms with Gasteiger partial charge in [0.25, 0.3) is 5.91 Å². The third-order valence-corrected chi connectivity index (χ3v) is 3.89. The highest BCUT2D eigenvalue weighted by Gasteiger charge is 2.23. The molecule has 1 aliphatic rings. The minimum atomic E-state index is -0.208. The Morgan fingerprint density at radius 1 is 1.32 bits per heavy atom. The van der Waals surface area contributed by atoms with E-state index < -0.39 is 0 Å². The fourth-order valence-electron chi connectivity index (χ4n) is 2.54. The summed E-state index contributed by atoms with van der Waals surface area (Å²) in [4.78, 5) is 12.0. The summed E-state index contributed by atoms with van der Waals surface area (Å²) in [6, 6.07) is 6.88. The molecule has 4 heteroatoms. The van der Waals surface area contributed by atoms with Crippen LogP contribution in [-0.4, -0.2) is 11.6 Å². The van der Waals surface area contributed by atoms with Crippen LogP contribution in [0.2, 0.25) is 5.02 Å². The van der Waals surface area contributed by atoms with E-state index in [0.29, 0.717) is 22.4 Å². The van der Waals surface area contributed by atoms with E-state index in [4.69, 9.17) is 11.6 Å². The van der Waals surface area contributed by atoms with Gasteiger partial charge in [-0.1, -0.05) is 37.9 Å². The van der Waals surface area contributed by atoms with Crippen molar-refractivity contribution in [1.29, 1.82) is 0 Å². The smallest absolute Gasteiger partial charge is 0.267 e. The number of carbonyl (C=O) groups excluding carboxylic acids is 1. The van der Waals surface area contributed by atoms with Gasteiger partial charge >= 0.3 is 0 Å². The van der Waals surface area contributed by atoms with Crippen molar-refractivity contribution in [2.24, 2.45) is 16.9 Å². The summed E-state index contributed by atoms with van der Waals surface area (Å²) in [6.07, 6.45) is 3.54. The van der Waals surface area contributed by atoms with Crippen LogP contribution in [0.15, 0.2) is 29.4 Å². The van der Waals surface area contributed by atoms with Gasteiger partial charge < -0.3 is 0 Å². The molecule has 1 aliphatic carbocycles. The fourth-order valence-corrected chi connectivity index (χ4v) is 2.73. The second-order valence-corrected chi connectivity index (χ2v) is 5.66. The van der Waals surface area contributed by atoms with Crippen molar-refractivity contribution in [2.75, 3.05) is 0 Å². The average molecular weight is 279 g/mol. The van der Waals surface area contributed by atoms with Gasteiger partial charge in [0.2, 0.25) is 0 Å². The highest BCUT2D eigenvalue weighted by atomic mass is 35.5. The molecule has 102 valence electrons. The number of hydrogen-bond donors (Lipinski definition) is 1. The molecule has 2 atom stereocenters. The van der Waals surface area contributed by atoms with Gasteiger partial charge in [-0.2, -0.15) is 5.10 Å². The molecule has 0 radical (unpaired) electrons. The number of hydrazone groups is 1. The zero-order valence-electron chi connectivity index (χ0n) is 11.3. The Morgan fingerprint density at radius 3 is 2.63 bits per heavy atom. The van der Waals surface area contributed by atoms with E-state index in [1.54, 1.807) is 24.3 Å². The van der Waals surface area contributed by atoms with Gasteiger partial charge in [0.05, 0.1) is 0 Å². The number of hydrogen-bond acceptors (Lipinski definition) is 2. The molecule has 3 nitrogen and oxygen atoms in total. The lowest BCUT2D eigenvalue weighted by Gasteiger charge is -2.26. The van der Waals surface area contributed by atoms with E-state index in [2.05, 4.69) is 24.4 Å². The summed E-state index contributed by atoms with van der Waals surface area (Å²) in [5.74, 6) is 0.687. The fraction of sp³-hybridized carbons (Fsp3) is 0.467. The molecule has 1 aromatic carbocycles. The molecular formula is C15H19ClN2O. The molecule has 0 heterocycles. The number of nitrogens with one attached hydrogen (secondary N) is 1. The molecule has 1 fully saturated rings. The summed E-state index contributed by atoms with van der Waals surface area (Å²) in [5.41, 5.74) is 4.28. The zero-order valence-corrected chi connectivity index (χ0v) is 12.1. The molecule has 0 aromatic heterocycles. The molecule has 2 rings (SSSR count). The SMILES string of the molecule is C[C@H]1CCC[C@H](C)C1=NNC(=O)c1cccc(Cl)c1. The van der Waals surface area contributed by atoms with E-state index in [9.17, 15) is 4.79 Å². The Kier molecular flexibility index (Phi) is 4.59. The average Bonchev–Trinajstić information content (AvgIpc) is 2.38. The van der Waals surface area contributed by atoms with Gasteiger partial charge in [-0.05, 0) is 42.9 Å². The zero-order chi connectivity index (χ0) is 13.8. The molecule has 19 heavy (non-hydrogen) atoms. The lowest BCUT2D eigenvalue weighted by Crippen LogP contribution is -2.29. The summed E-state index contributed by atoms with van der Waals surface area (Å²) in [6.45, 7) is 4.33. The quantitative estimate of drug-likeness (QED) is 0.820. The van der Waals surface area contributed by atoms with Crippen molar-refractivity contribution >= 4 is 23.2 Å². The van der Waals surface area contributed by atoms with Crippen molar-refractivity contribution in [1.82, 2.24) is 5.43 Å². The summed E-state index contributed by atoms with van der Waals surface area (Å²) in [7, 11) is 0. The number of carbonyl (C=O) groups is 1. The van der Waals surface area contributed by atoms with E-state index in [-0.39, 0.29) is 5.91 Å². The predicted octanol–water partition coefficient (Wildman–Crippen LogP) is 3.88. The monoisotopic (exact) mass is 278 g/mol. The van der Waals surface area contributed by atoms with E-state index >= 15 is 0 Å². The highest BCUT2D eigenvalue weighted by Crippen LogP contribution is 2.25. The summed E-state index contributed by atoms with van der Waals surface area (Å²) >= 11 is 5.87. The lowest BCUT2D eigenvalue weighted by atomic mass is 9.81. The van der Waals surface area contributed by atoms with Gasteiger partial charge in [0, 0.05) is 16.3 Å². The number of rotatable bonds is 2. The van der Waals surface area contributed by atoms with Crippen molar-refractivity contribution in [3.05, 3.63) is 34.9 Å². The summed E-state index contributed by atoms with van der Waals surface area (Å²) in [5, 5.41) is 4.88. The van der Waals surface area contributed by atoms with Gasteiger partial charge in [-0.15, -0.1) is 0 Å². The molecule has 1 saturated carbocycles. The van der Waals surface area contributed by atoms with Gasteiger partial charge in [-0.3, -0.25) is 4.79 Å². The Bertz CT molecular complexity index is 487. The van der Waals surface area contributed by atoms with E-state index in [1.807, 2.05) is 0 Å². The number of amides is 1. The molecule has 1 amide bonds. The standard InChI is InChI=1S/C15H19ClN2O/c1-10-5-3-6-11(2)14(10)17-18-15(19)12-7-4-8-13(16)9-12/h4,7-11H,3,5-6H2,1-2H3,(H,18,19)/t10-,11-/m0/s1. The maximum Gasteiger partial charge on any atom is 0.271 e. The molecule has 1 N–H and O–H groups in total. The number of nitrogens with zero attached hydrogens (tertiary/aromatic N) is 1. The second-order valence-electron chi connectivity index (χ2n) is 5.22. The molecule has 0 spiro atoms. The topological polar surface area (TPSA) is 41.5 Å². The Morgan fingerprint density at radius 2 is 2.00 bits per heavy atom. The van der Waals surface area contributed by atoms with Crippen LogP contribution in [0, 0.1) is 11.8 Å². The van der Waals surface area contributed by atoms with Crippen molar-refractivity contribution in [3.63, 3.8) is 0 Å². The second kappa shape index (κ2) is 6.20. The first-order valence-corrected chi connectivity index (χ1v) is 7.09. The van der Waals surface area contributed by atoms with Crippen LogP contribution in [0.5, 0.6) is 0 Å². The van der Waals surface area contributed by atoms with Crippen molar-refractivity contribution in [3.8, 4) is 0 Å². The van der Waals surface area contributed by atoms with E-state index in [1.165, 1.54) is 6.42 Å². The van der Waals surface area contributed by atoms with Crippen LogP contribution in [0.1, 0.15) is 43.5 Å². The molecule has 0 saturated heterocycles. The van der Waals surface area contributed by atoms with Crippen molar-refractivity contribution in [2.45, 2.75) is 33.1 Å². The first-order valence-electron chi connectivity index (χ1n) is 6.71. The first kappa shape index (κ1) is 14.1. The Balaban J connectivity index is 2.06. The third kappa shape index (κ3) is 3.57. The highest BCUT2D eigenvalue weighted by molar-refractivity contribution is 6.30. The lowest BCUT2D eigenvalue weighted by molar-refractivity contribution is 0.0954. The third-order valence-electron chi connectivity index (χ3n) is 3.66. The summed E-state index contributed by atoms with van der Waals surface area (Å²) < 4.78 is 0. The maximum absolute atomic E-state index is 12.0. The number of halogens is 1. The molecule has 1 aromatic rings. The Labute approximate surface area is 119 Å². The molecular weight excluding hydrogens is 260 g/mol. The van der Waals surface area contributed by atoms with Crippen LogP contribution in [-0.2, 0) is 0 Å². The minimum Gasteiger partial charge on any atom is -0.267 e. The minimum absolute atomic E-state index is 0.208. The largest absolute Gasteiger partial charge is 0.271 e. The number of benzene rings is 1. The van der Waals surface area contributed by atoms with Crippen LogP contribution in [0.25, 0.3) is 0 Å². The Hall–Kier alpha value is -1.35. The van der Waals surface area contributed by atoms with E-state index in [0.717, 1.165) is 18.6 Å². The normalized spacial score (nSPS) is 23.0. The molecule has 0 bridgehead atoms. The first-order chi connectivity index (χ1) is 9.08. The van der Waals surface area contributed by atoms with Gasteiger partial charge in [0.1, 0.15) is 0 Å². The van der Waals surface area contributed by atoms with Gasteiger partial charge in [-0.25, -0.2) is 5.43 Å². The van der Waals surface area contributed by atoms with Gasteiger partial charge in [0.15, 0.2) is 0 Å². The van der Waals surface area contributed by atoms with Crippen molar-refractivity contribution < 1.29 is 4.79 Å². The maximum atomic E-state index is 12.0. The van der Waals surface area contributed by atoms with Crippen LogP contribution in [0.4, 0.5) is 0 Å². The molecule has 0 aliphatic heterocycles. The van der Waals surface area contributed by atoms with Crippen LogP contribution < -0.4 is 5.43 Å².